The molecule has 0 aliphatic carbocycles. The van der Waals surface area contributed by atoms with E-state index in [9.17, 15) is 8.78 Å². The van der Waals surface area contributed by atoms with Crippen LogP contribution in [-0.2, 0) is 0 Å². The Bertz CT molecular complexity index is 573. The molecular formula is C16H17F2N. The first-order chi connectivity index (χ1) is 9.01. The Labute approximate surface area is 112 Å². The number of aryl methyl sites for hydroxylation is 2. The van der Waals surface area contributed by atoms with Gasteiger partial charge >= 0.3 is 0 Å². The topological polar surface area (TPSA) is 12.0 Å². The summed E-state index contributed by atoms with van der Waals surface area (Å²) in [6, 6.07) is 10.1. The SMILES string of the molecule is CNC(c1cc(C)cc(C)c1)c1ccc(F)c(F)c1. The standard InChI is InChI=1S/C16H17F2N/c1-10-6-11(2)8-13(7-10)16(19-3)12-4-5-14(17)15(18)9-12/h4-9,16,19H,1-3H3. The van der Waals surface area contributed by atoms with Crippen molar-refractivity contribution < 1.29 is 8.78 Å². The Morgan fingerprint density at radius 2 is 1.47 bits per heavy atom. The Morgan fingerprint density at radius 1 is 0.842 bits per heavy atom. The zero-order valence-corrected chi connectivity index (χ0v) is 11.3. The summed E-state index contributed by atoms with van der Waals surface area (Å²) in [5, 5.41) is 3.15. The van der Waals surface area contributed by atoms with Crippen LogP contribution in [0, 0.1) is 25.5 Å². The number of rotatable bonds is 3. The van der Waals surface area contributed by atoms with Crippen molar-refractivity contribution in [3.05, 3.63) is 70.3 Å². The molecule has 0 aliphatic rings. The molecule has 1 atom stereocenters. The average molecular weight is 261 g/mol. The Hall–Kier alpha value is -1.74. The zero-order chi connectivity index (χ0) is 14.0. The van der Waals surface area contributed by atoms with Crippen LogP contribution in [0.1, 0.15) is 28.3 Å². The van der Waals surface area contributed by atoms with Gasteiger partial charge in [0.1, 0.15) is 0 Å². The van der Waals surface area contributed by atoms with Gasteiger partial charge in [-0.2, -0.15) is 0 Å². The molecule has 1 N–H and O–H groups in total. The average Bonchev–Trinajstić information content (AvgIpc) is 2.33. The molecule has 1 nitrogen and oxygen atoms in total. The van der Waals surface area contributed by atoms with Crippen molar-refractivity contribution in [2.75, 3.05) is 7.05 Å². The quantitative estimate of drug-likeness (QED) is 0.883. The lowest BCUT2D eigenvalue weighted by molar-refractivity contribution is 0.505. The molecule has 0 fully saturated rings. The molecule has 0 spiro atoms. The Kier molecular flexibility index (Phi) is 3.96. The molecule has 0 aromatic heterocycles. The molecule has 100 valence electrons. The summed E-state index contributed by atoms with van der Waals surface area (Å²) in [4.78, 5) is 0. The van der Waals surface area contributed by atoms with Crippen molar-refractivity contribution in [3.8, 4) is 0 Å². The van der Waals surface area contributed by atoms with Gasteiger partial charge in [-0.25, -0.2) is 8.78 Å². The van der Waals surface area contributed by atoms with Gasteiger partial charge in [0.05, 0.1) is 6.04 Å². The van der Waals surface area contributed by atoms with E-state index in [4.69, 9.17) is 0 Å². The van der Waals surface area contributed by atoms with Crippen LogP contribution in [0.5, 0.6) is 0 Å². The van der Waals surface area contributed by atoms with Crippen molar-refractivity contribution in [1.82, 2.24) is 5.32 Å². The van der Waals surface area contributed by atoms with Gasteiger partial charge < -0.3 is 5.32 Å². The lowest BCUT2D eigenvalue weighted by atomic mass is 9.95. The molecule has 2 aromatic rings. The van der Waals surface area contributed by atoms with E-state index in [2.05, 4.69) is 23.5 Å². The molecule has 0 heterocycles. The minimum atomic E-state index is -0.820. The van der Waals surface area contributed by atoms with Gasteiger partial charge in [-0.3, -0.25) is 0 Å². The third-order valence-electron chi connectivity index (χ3n) is 3.14. The third kappa shape index (κ3) is 2.99. The van der Waals surface area contributed by atoms with Gasteiger partial charge in [-0.15, -0.1) is 0 Å². The first-order valence-electron chi connectivity index (χ1n) is 6.21. The predicted octanol–water partition coefficient (Wildman–Crippen LogP) is 3.89. The largest absolute Gasteiger partial charge is 0.309 e. The Balaban J connectivity index is 2.46. The van der Waals surface area contributed by atoms with Gasteiger partial charge in [0, 0.05) is 0 Å². The summed E-state index contributed by atoms with van der Waals surface area (Å²) in [5.41, 5.74) is 4.06. The van der Waals surface area contributed by atoms with E-state index >= 15 is 0 Å². The molecule has 0 saturated heterocycles. The van der Waals surface area contributed by atoms with Crippen molar-refractivity contribution in [3.63, 3.8) is 0 Å². The molecule has 2 aromatic carbocycles. The fourth-order valence-corrected chi connectivity index (χ4v) is 2.39. The van der Waals surface area contributed by atoms with Gasteiger partial charge in [0.2, 0.25) is 0 Å². The molecule has 2 rings (SSSR count). The Morgan fingerprint density at radius 3 is 2.00 bits per heavy atom. The molecule has 1 unspecified atom stereocenters. The van der Waals surface area contributed by atoms with E-state index in [0.717, 1.165) is 22.8 Å². The molecule has 19 heavy (non-hydrogen) atoms. The van der Waals surface area contributed by atoms with Gasteiger partial charge in [0.25, 0.3) is 0 Å². The second kappa shape index (κ2) is 5.49. The highest BCUT2D eigenvalue weighted by Crippen LogP contribution is 2.25. The van der Waals surface area contributed by atoms with Crippen molar-refractivity contribution in [2.24, 2.45) is 0 Å². The van der Waals surface area contributed by atoms with Crippen LogP contribution in [0.2, 0.25) is 0 Å². The predicted molar refractivity (Wildman–Crippen MR) is 73.2 cm³/mol. The van der Waals surface area contributed by atoms with E-state index < -0.39 is 11.6 Å². The molecule has 0 bridgehead atoms. The maximum Gasteiger partial charge on any atom is 0.159 e. The summed E-state index contributed by atoms with van der Waals surface area (Å²) >= 11 is 0. The zero-order valence-electron chi connectivity index (χ0n) is 11.3. The molecule has 0 saturated carbocycles. The van der Waals surface area contributed by atoms with Crippen molar-refractivity contribution in [2.45, 2.75) is 19.9 Å². The fraction of sp³-hybridized carbons (Fsp3) is 0.250. The fourth-order valence-electron chi connectivity index (χ4n) is 2.39. The summed E-state index contributed by atoms with van der Waals surface area (Å²) in [7, 11) is 1.81. The molecule has 0 aliphatic heterocycles. The van der Waals surface area contributed by atoms with Gasteiger partial charge in [-0.1, -0.05) is 35.4 Å². The summed E-state index contributed by atoms with van der Waals surface area (Å²) in [5.74, 6) is -1.64. The second-order valence-electron chi connectivity index (χ2n) is 4.82. The van der Waals surface area contributed by atoms with Crippen molar-refractivity contribution in [1.29, 1.82) is 0 Å². The van der Waals surface area contributed by atoms with E-state index in [1.54, 1.807) is 6.07 Å². The smallest absolute Gasteiger partial charge is 0.159 e. The first-order valence-corrected chi connectivity index (χ1v) is 6.21. The van der Waals surface area contributed by atoms with E-state index in [1.165, 1.54) is 6.07 Å². The van der Waals surface area contributed by atoms with Crippen LogP contribution < -0.4 is 5.32 Å². The first kappa shape index (κ1) is 13.7. The van der Waals surface area contributed by atoms with Crippen molar-refractivity contribution >= 4 is 0 Å². The molecule has 0 radical (unpaired) electrons. The number of halogens is 2. The highest BCUT2D eigenvalue weighted by Gasteiger charge is 2.14. The van der Waals surface area contributed by atoms with E-state index in [-0.39, 0.29) is 6.04 Å². The monoisotopic (exact) mass is 261 g/mol. The van der Waals surface area contributed by atoms with Crippen LogP contribution >= 0.6 is 0 Å². The number of benzene rings is 2. The van der Waals surface area contributed by atoms with Gasteiger partial charge in [-0.05, 0) is 44.2 Å². The lowest BCUT2D eigenvalue weighted by Gasteiger charge is -2.18. The molecular weight excluding hydrogens is 244 g/mol. The van der Waals surface area contributed by atoms with Crippen LogP contribution in [-0.4, -0.2) is 7.05 Å². The highest BCUT2D eigenvalue weighted by molar-refractivity contribution is 5.37. The minimum Gasteiger partial charge on any atom is -0.309 e. The maximum absolute atomic E-state index is 13.3. The molecule has 0 amide bonds. The lowest BCUT2D eigenvalue weighted by Crippen LogP contribution is -2.18. The number of hydrogen-bond donors (Lipinski definition) is 1. The molecule has 3 heteroatoms. The summed E-state index contributed by atoms with van der Waals surface area (Å²) in [6.45, 7) is 4.04. The maximum atomic E-state index is 13.3. The number of nitrogens with one attached hydrogen (secondary N) is 1. The van der Waals surface area contributed by atoms with Crippen LogP contribution in [0.3, 0.4) is 0 Å². The highest BCUT2D eigenvalue weighted by atomic mass is 19.2. The minimum absolute atomic E-state index is 0.145. The summed E-state index contributed by atoms with van der Waals surface area (Å²) in [6.07, 6.45) is 0. The third-order valence-corrected chi connectivity index (χ3v) is 3.14. The van der Waals surface area contributed by atoms with E-state index in [0.29, 0.717) is 5.56 Å². The van der Waals surface area contributed by atoms with Crippen LogP contribution in [0.15, 0.2) is 36.4 Å². The van der Waals surface area contributed by atoms with Crippen LogP contribution in [0.4, 0.5) is 8.78 Å². The second-order valence-corrected chi connectivity index (χ2v) is 4.82. The normalized spacial score (nSPS) is 12.5. The van der Waals surface area contributed by atoms with Crippen LogP contribution in [0.25, 0.3) is 0 Å². The summed E-state index contributed by atoms with van der Waals surface area (Å²) < 4.78 is 26.3. The number of hydrogen-bond acceptors (Lipinski definition) is 1. The van der Waals surface area contributed by atoms with Gasteiger partial charge in [0.15, 0.2) is 11.6 Å². The van der Waals surface area contributed by atoms with E-state index in [1.807, 2.05) is 20.9 Å².